The van der Waals surface area contributed by atoms with Crippen molar-refractivity contribution in [3.8, 4) is 11.4 Å². The van der Waals surface area contributed by atoms with Gasteiger partial charge in [-0.3, -0.25) is 4.57 Å². The molecule has 36 heavy (non-hydrogen) atoms. The molecule has 5 atom stereocenters. The van der Waals surface area contributed by atoms with Gasteiger partial charge < -0.3 is 15.8 Å². The first-order valence-electron chi connectivity index (χ1n) is 12.5. The Bertz CT molecular complexity index is 1170. The van der Waals surface area contributed by atoms with Crippen LogP contribution in [0.4, 0.5) is 13.2 Å². The van der Waals surface area contributed by atoms with E-state index in [9.17, 15) is 13.2 Å². The Labute approximate surface area is 209 Å². The van der Waals surface area contributed by atoms with Crippen LogP contribution in [0.15, 0.2) is 48.5 Å². The summed E-state index contributed by atoms with van der Waals surface area (Å²) in [7, 11) is 0. The predicted octanol–water partition coefficient (Wildman–Crippen LogP) is 4.82. The van der Waals surface area contributed by atoms with Crippen LogP contribution in [0.1, 0.15) is 48.1 Å². The number of hydrogen-bond acceptors (Lipinski definition) is 5. The Morgan fingerprint density at radius 1 is 1.08 bits per heavy atom. The molecule has 3 N–H and O–H groups in total. The zero-order valence-corrected chi connectivity index (χ0v) is 20.5. The van der Waals surface area contributed by atoms with Gasteiger partial charge in [-0.25, -0.2) is 0 Å². The molecular formula is C27H32F3N5O. The average Bonchev–Trinajstić information content (AvgIpc) is 3.38. The van der Waals surface area contributed by atoms with E-state index in [1.165, 1.54) is 5.56 Å². The van der Waals surface area contributed by atoms with E-state index in [0.29, 0.717) is 12.2 Å². The highest BCUT2D eigenvalue weighted by atomic mass is 19.4. The summed E-state index contributed by atoms with van der Waals surface area (Å²) in [5, 5.41) is 11.8. The van der Waals surface area contributed by atoms with Crippen molar-refractivity contribution in [2.24, 2.45) is 17.6 Å². The third-order valence-corrected chi connectivity index (χ3v) is 7.58. The van der Waals surface area contributed by atoms with Crippen LogP contribution < -0.4 is 15.8 Å². The van der Waals surface area contributed by atoms with Crippen molar-refractivity contribution in [1.82, 2.24) is 20.1 Å². The van der Waals surface area contributed by atoms with E-state index in [4.69, 9.17) is 10.5 Å². The minimum Gasteiger partial charge on any atom is -0.485 e. The van der Waals surface area contributed by atoms with E-state index in [2.05, 4.69) is 27.6 Å². The second-order valence-corrected chi connectivity index (χ2v) is 10.00. The first-order chi connectivity index (χ1) is 17.2. The summed E-state index contributed by atoms with van der Waals surface area (Å²) in [6.07, 6.45) is -3.28. The zero-order valence-electron chi connectivity index (χ0n) is 20.5. The van der Waals surface area contributed by atoms with Crippen molar-refractivity contribution in [2.75, 3.05) is 6.54 Å². The number of nitrogens with zero attached hydrogens (tertiary/aromatic N) is 3. The molecule has 1 aromatic heterocycles. The van der Waals surface area contributed by atoms with Crippen molar-refractivity contribution in [3.63, 3.8) is 0 Å². The minimum absolute atomic E-state index is 0.0194. The molecule has 0 bridgehead atoms. The molecule has 9 heteroatoms. The molecule has 1 fully saturated rings. The number of nitrogens with one attached hydrogen (secondary N) is 1. The Morgan fingerprint density at radius 2 is 1.78 bits per heavy atom. The molecule has 2 aromatic carbocycles. The van der Waals surface area contributed by atoms with E-state index in [-0.39, 0.29) is 24.0 Å². The second kappa shape index (κ2) is 9.86. The molecule has 0 spiro atoms. The van der Waals surface area contributed by atoms with Crippen LogP contribution in [-0.4, -0.2) is 39.6 Å². The van der Waals surface area contributed by atoms with Gasteiger partial charge in [-0.15, -0.1) is 10.2 Å². The number of aryl methyl sites for hydroxylation is 2. The Morgan fingerprint density at radius 3 is 2.47 bits per heavy atom. The summed E-state index contributed by atoms with van der Waals surface area (Å²) in [5.74, 6) is 2.02. The third kappa shape index (κ3) is 4.99. The van der Waals surface area contributed by atoms with Gasteiger partial charge in [0, 0.05) is 23.7 Å². The highest BCUT2D eigenvalue weighted by molar-refractivity contribution is 5.41. The predicted molar refractivity (Wildman–Crippen MR) is 131 cm³/mol. The molecule has 0 saturated carbocycles. The summed E-state index contributed by atoms with van der Waals surface area (Å²) in [6, 6.07) is 14.8. The quantitative estimate of drug-likeness (QED) is 0.508. The van der Waals surface area contributed by atoms with Crippen LogP contribution in [0.5, 0.6) is 5.75 Å². The normalized spacial score (nSPS) is 24.9. The summed E-state index contributed by atoms with van der Waals surface area (Å²) >= 11 is 0. The van der Waals surface area contributed by atoms with Gasteiger partial charge in [0.05, 0.1) is 6.42 Å². The van der Waals surface area contributed by atoms with Gasteiger partial charge in [-0.1, -0.05) is 24.3 Å². The molecule has 2 aliphatic rings. The molecule has 6 nitrogen and oxygen atoms in total. The maximum Gasteiger partial charge on any atom is 0.390 e. The Balaban J connectivity index is 1.41. The lowest BCUT2D eigenvalue weighted by Gasteiger charge is -2.41. The van der Waals surface area contributed by atoms with Crippen molar-refractivity contribution >= 4 is 0 Å². The Kier molecular flexibility index (Phi) is 6.78. The smallest absolute Gasteiger partial charge is 0.390 e. The van der Waals surface area contributed by atoms with Crippen LogP contribution in [0.2, 0.25) is 0 Å². The summed E-state index contributed by atoms with van der Waals surface area (Å²) in [5.41, 5.74) is 9.38. The van der Waals surface area contributed by atoms with Gasteiger partial charge in [0.25, 0.3) is 0 Å². The fraction of sp³-hybridized carbons (Fsp3) is 0.481. The van der Waals surface area contributed by atoms with Gasteiger partial charge in [0.1, 0.15) is 23.5 Å². The van der Waals surface area contributed by atoms with Crippen LogP contribution in [0.25, 0.3) is 5.69 Å². The summed E-state index contributed by atoms with van der Waals surface area (Å²) in [6.45, 7) is 4.58. The average molecular weight is 500 g/mol. The van der Waals surface area contributed by atoms with Gasteiger partial charge >= 0.3 is 6.18 Å². The standard InChI is InChI=1S/C27H32F3N5O/c1-16-33-34-17(2)35(16)19-9-11-20(12-10-19)36-26-21-7-4-3-6-18(21)14-23(26)25-22(8-5-13-32-25)24(31)15-27(28,29)30/h3-4,6-7,9-12,22-26,32H,5,8,13-15,31H2,1-2H3/t22?,23-,24?,25+,26+/m0/s1. The van der Waals surface area contributed by atoms with Crippen molar-refractivity contribution in [2.45, 2.75) is 63.9 Å². The molecule has 2 unspecified atom stereocenters. The van der Waals surface area contributed by atoms with Crippen LogP contribution in [0, 0.1) is 25.7 Å². The maximum atomic E-state index is 13.2. The SMILES string of the molecule is Cc1nnc(C)n1-c1ccc(O[C@@H]2c3ccccc3C[C@H]2[C@@H]2NCCCC2C(N)CC(F)(F)F)cc1. The highest BCUT2D eigenvalue weighted by Crippen LogP contribution is 2.44. The third-order valence-electron chi connectivity index (χ3n) is 7.58. The molecule has 0 radical (unpaired) electrons. The molecular weight excluding hydrogens is 467 g/mol. The topological polar surface area (TPSA) is 78.0 Å². The molecule has 3 aromatic rings. The minimum atomic E-state index is -4.28. The van der Waals surface area contributed by atoms with Gasteiger partial charge in [-0.05, 0) is 81.0 Å². The van der Waals surface area contributed by atoms with Crippen molar-refractivity contribution < 1.29 is 17.9 Å². The lowest BCUT2D eigenvalue weighted by atomic mass is 9.76. The van der Waals surface area contributed by atoms with Gasteiger partial charge in [0.2, 0.25) is 0 Å². The lowest BCUT2D eigenvalue weighted by Crippen LogP contribution is -2.54. The van der Waals surface area contributed by atoms with Crippen LogP contribution in [-0.2, 0) is 6.42 Å². The number of hydrogen-bond donors (Lipinski definition) is 2. The number of fused-ring (bicyclic) bond motifs is 1. The molecule has 5 rings (SSSR count). The number of piperidine rings is 1. The monoisotopic (exact) mass is 499 g/mol. The van der Waals surface area contributed by atoms with Crippen molar-refractivity contribution in [3.05, 3.63) is 71.3 Å². The van der Waals surface area contributed by atoms with E-state index >= 15 is 0 Å². The molecule has 1 aliphatic carbocycles. The lowest BCUT2D eigenvalue weighted by molar-refractivity contribution is -0.142. The molecule has 1 saturated heterocycles. The number of benzene rings is 2. The zero-order chi connectivity index (χ0) is 25.4. The van der Waals surface area contributed by atoms with Crippen LogP contribution >= 0.6 is 0 Å². The van der Waals surface area contributed by atoms with E-state index in [1.54, 1.807) is 0 Å². The number of alkyl halides is 3. The molecule has 0 amide bonds. The second-order valence-electron chi connectivity index (χ2n) is 10.00. The van der Waals surface area contributed by atoms with Gasteiger partial charge in [-0.2, -0.15) is 13.2 Å². The number of ether oxygens (including phenoxy) is 1. The number of halogens is 3. The fourth-order valence-electron chi connectivity index (χ4n) is 6.02. The molecule has 2 heterocycles. The largest absolute Gasteiger partial charge is 0.485 e. The van der Waals surface area contributed by atoms with E-state index in [1.807, 2.05) is 54.8 Å². The van der Waals surface area contributed by atoms with E-state index in [0.717, 1.165) is 42.3 Å². The maximum absolute atomic E-state index is 13.2. The summed E-state index contributed by atoms with van der Waals surface area (Å²) < 4.78 is 48.1. The van der Waals surface area contributed by atoms with Gasteiger partial charge in [0.15, 0.2) is 0 Å². The molecule has 1 aliphatic heterocycles. The first-order valence-corrected chi connectivity index (χ1v) is 12.5. The number of nitrogens with two attached hydrogens (primary N) is 1. The first kappa shape index (κ1) is 24.8. The summed E-state index contributed by atoms with van der Waals surface area (Å²) in [4.78, 5) is 0. The highest BCUT2D eigenvalue weighted by Gasteiger charge is 2.46. The number of rotatable bonds is 6. The van der Waals surface area contributed by atoms with E-state index < -0.39 is 18.6 Å². The van der Waals surface area contributed by atoms with Crippen molar-refractivity contribution in [1.29, 1.82) is 0 Å². The fourth-order valence-corrected chi connectivity index (χ4v) is 6.02. The van der Waals surface area contributed by atoms with Crippen LogP contribution in [0.3, 0.4) is 0 Å². The number of aromatic nitrogens is 3. The molecule has 192 valence electrons. The Hall–Kier alpha value is -2.91.